The number of benzene rings is 1. The van der Waals surface area contributed by atoms with E-state index < -0.39 is 5.97 Å². The van der Waals surface area contributed by atoms with Gasteiger partial charge in [-0.15, -0.1) is 0 Å². The van der Waals surface area contributed by atoms with Crippen LogP contribution in [0.2, 0.25) is 0 Å². The summed E-state index contributed by atoms with van der Waals surface area (Å²) in [5, 5.41) is 13.1. The minimum Gasteiger partial charge on any atom is -0.481 e. The standard InChI is InChI=1S/C15H18N2O2/c1-10-5-4-6-13(11(10)2)14-9-17(16-12(14)3)8-7-15(18)19/h4-6,9H,7-8H2,1-3H3,(H,18,19). The fourth-order valence-electron chi connectivity index (χ4n) is 2.15. The molecule has 2 aromatic rings. The van der Waals surface area contributed by atoms with Crippen molar-refractivity contribution < 1.29 is 9.90 Å². The summed E-state index contributed by atoms with van der Waals surface area (Å²) in [6, 6.07) is 6.20. The molecule has 100 valence electrons. The minimum atomic E-state index is -0.804. The smallest absolute Gasteiger partial charge is 0.305 e. The average Bonchev–Trinajstić information content (AvgIpc) is 2.71. The largest absolute Gasteiger partial charge is 0.481 e. The molecule has 0 amide bonds. The van der Waals surface area contributed by atoms with Crippen molar-refractivity contribution in [3.8, 4) is 11.1 Å². The summed E-state index contributed by atoms with van der Waals surface area (Å²) in [5.41, 5.74) is 5.66. The molecule has 4 heteroatoms. The molecule has 1 heterocycles. The second-order valence-corrected chi connectivity index (χ2v) is 4.78. The summed E-state index contributed by atoms with van der Waals surface area (Å²) in [6.45, 7) is 6.54. The van der Waals surface area contributed by atoms with Gasteiger partial charge in [-0.3, -0.25) is 9.48 Å². The number of hydrogen-bond donors (Lipinski definition) is 1. The van der Waals surface area contributed by atoms with Crippen LogP contribution in [0.25, 0.3) is 11.1 Å². The van der Waals surface area contributed by atoms with Crippen LogP contribution in [0.4, 0.5) is 0 Å². The van der Waals surface area contributed by atoms with E-state index in [0.717, 1.165) is 11.3 Å². The zero-order valence-electron chi connectivity index (χ0n) is 11.5. The Morgan fingerprint density at radius 2 is 2.00 bits per heavy atom. The number of carbonyl (C=O) groups is 1. The summed E-state index contributed by atoms with van der Waals surface area (Å²) in [4.78, 5) is 10.6. The molecule has 0 spiro atoms. The molecule has 4 nitrogen and oxygen atoms in total. The monoisotopic (exact) mass is 258 g/mol. The van der Waals surface area contributed by atoms with E-state index in [2.05, 4.69) is 31.1 Å². The first-order valence-corrected chi connectivity index (χ1v) is 6.31. The molecular formula is C15H18N2O2. The van der Waals surface area contributed by atoms with E-state index in [1.165, 1.54) is 16.7 Å². The Hall–Kier alpha value is -2.10. The SMILES string of the molecule is Cc1cccc(-c2cn(CCC(=O)O)nc2C)c1C. The Balaban J connectivity index is 2.35. The van der Waals surface area contributed by atoms with Crippen molar-refractivity contribution in [2.45, 2.75) is 33.7 Å². The van der Waals surface area contributed by atoms with Crippen LogP contribution in [0.1, 0.15) is 23.2 Å². The minimum absolute atomic E-state index is 0.0906. The van der Waals surface area contributed by atoms with Crippen LogP contribution in [0.5, 0.6) is 0 Å². The van der Waals surface area contributed by atoms with Gasteiger partial charge in [0.1, 0.15) is 0 Å². The number of carboxylic acids is 1. The lowest BCUT2D eigenvalue weighted by Gasteiger charge is -2.07. The highest BCUT2D eigenvalue weighted by molar-refractivity contribution is 5.70. The first kappa shape index (κ1) is 13.3. The maximum atomic E-state index is 10.6. The molecule has 1 N–H and O–H groups in total. The molecule has 0 saturated carbocycles. The van der Waals surface area contributed by atoms with Crippen LogP contribution in [0, 0.1) is 20.8 Å². The fraction of sp³-hybridized carbons (Fsp3) is 0.333. The third kappa shape index (κ3) is 2.84. The highest BCUT2D eigenvalue weighted by Crippen LogP contribution is 2.27. The van der Waals surface area contributed by atoms with Gasteiger partial charge in [0, 0.05) is 11.8 Å². The van der Waals surface area contributed by atoms with Gasteiger partial charge < -0.3 is 5.11 Å². The normalized spacial score (nSPS) is 10.7. The van der Waals surface area contributed by atoms with Crippen molar-refractivity contribution in [1.82, 2.24) is 9.78 Å². The first-order valence-electron chi connectivity index (χ1n) is 6.31. The van der Waals surface area contributed by atoms with Gasteiger partial charge in [-0.1, -0.05) is 18.2 Å². The first-order chi connectivity index (χ1) is 8.99. The summed E-state index contributed by atoms with van der Waals surface area (Å²) < 4.78 is 1.71. The van der Waals surface area contributed by atoms with Crippen molar-refractivity contribution in [3.05, 3.63) is 41.2 Å². The molecule has 0 bridgehead atoms. The fourth-order valence-corrected chi connectivity index (χ4v) is 2.15. The third-order valence-electron chi connectivity index (χ3n) is 3.40. The Kier molecular flexibility index (Phi) is 3.69. The van der Waals surface area contributed by atoms with E-state index in [1.807, 2.05) is 19.2 Å². The second kappa shape index (κ2) is 5.26. The van der Waals surface area contributed by atoms with Crippen LogP contribution in [0.3, 0.4) is 0 Å². The van der Waals surface area contributed by atoms with Crippen molar-refractivity contribution in [2.24, 2.45) is 0 Å². The maximum absolute atomic E-state index is 10.6. The molecule has 0 atom stereocenters. The number of aryl methyl sites for hydroxylation is 3. The third-order valence-corrected chi connectivity index (χ3v) is 3.40. The summed E-state index contributed by atoms with van der Waals surface area (Å²) in [5.74, 6) is -0.804. The van der Waals surface area contributed by atoms with E-state index in [1.54, 1.807) is 4.68 Å². The molecule has 0 unspecified atom stereocenters. The second-order valence-electron chi connectivity index (χ2n) is 4.78. The van der Waals surface area contributed by atoms with Crippen molar-refractivity contribution in [2.75, 3.05) is 0 Å². The van der Waals surface area contributed by atoms with Gasteiger partial charge in [0.05, 0.1) is 18.7 Å². The van der Waals surface area contributed by atoms with Crippen molar-refractivity contribution in [1.29, 1.82) is 0 Å². The van der Waals surface area contributed by atoms with Gasteiger partial charge in [0.15, 0.2) is 0 Å². The average molecular weight is 258 g/mol. The van der Waals surface area contributed by atoms with E-state index in [4.69, 9.17) is 5.11 Å². The number of aromatic nitrogens is 2. The molecule has 1 aromatic heterocycles. The summed E-state index contributed by atoms with van der Waals surface area (Å²) in [6.07, 6.45) is 2.02. The predicted octanol–water partition coefficient (Wildman–Crippen LogP) is 2.95. The molecule has 0 aliphatic carbocycles. The quantitative estimate of drug-likeness (QED) is 0.917. The molecule has 0 saturated heterocycles. The number of hydrogen-bond acceptors (Lipinski definition) is 2. The zero-order chi connectivity index (χ0) is 14.0. The number of rotatable bonds is 4. The maximum Gasteiger partial charge on any atom is 0.305 e. The summed E-state index contributed by atoms with van der Waals surface area (Å²) in [7, 11) is 0. The molecule has 0 radical (unpaired) electrons. The Morgan fingerprint density at radius 1 is 1.26 bits per heavy atom. The lowest BCUT2D eigenvalue weighted by molar-refractivity contribution is -0.137. The van der Waals surface area contributed by atoms with Crippen molar-refractivity contribution in [3.63, 3.8) is 0 Å². The Bertz CT molecular complexity index is 615. The Morgan fingerprint density at radius 3 is 2.68 bits per heavy atom. The molecular weight excluding hydrogens is 240 g/mol. The highest BCUT2D eigenvalue weighted by Gasteiger charge is 2.11. The zero-order valence-corrected chi connectivity index (χ0v) is 11.5. The van der Waals surface area contributed by atoms with Crippen LogP contribution < -0.4 is 0 Å². The van der Waals surface area contributed by atoms with Gasteiger partial charge in [-0.2, -0.15) is 5.10 Å². The predicted molar refractivity (Wildman–Crippen MR) is 74.1 cm³/mol. The van der Waals surface area contributed by atoms with Crippen LogP contribution in [-0.4, -0.2) is 20.9 Å². The van der Waals surface area contributed by atoms with Crippen LogP contribution in [-0.2, 0) is 11.3 Å². The lowest BCUT2D eigenvalue weighted by atomic mass is 9.98. The van der Waals surface area contributed by atoms with Crippen molar-refractivity contribution >= 4 is 5.97 Å². The molecule has 1 aromatic carbocycles. The topological polar surface area (TPSA) is 55.1 Å². The number of aliphatic carboxylic acids is 1. The molecule has 2 rings (SSSR count). The summed E-state index contributed by atoms with van der Waals surface area (Å²) >= 11 is 0. The van der Waals surface area contributed by atoms with E-state index >= 15 is 0 Å². The molecule has 0 aliphatic heterocycles. The van der Waals surface area contributed by atoms with Gasteiger partial charge in [0.2, 0.25) is 0 Å². The van der Waals surface area contributed by atoms with Gasteiger partial charge in [0.25, 0.3) is 0 Å². The van der Waals surface area contributed by atoms with E-state index in [9.17, 15) is 4.79 Å². The molecule has 0 aliphatic rings. The van der Waals surface area contributed by atoms with Gasteiger partial charge >= 0.3 is 5.97 Å². The Labute approximate surface area is 112 Å². The van der Waals surface area contributed by atoms with E-state index in [0.29, 0.717) is 6.54 Å². The highest BCUT2D eigenvalue weighted by atomic mass is 16.4. The number of carboxylic acid groups (broad SMARTS) is 1. The van der Waals surface area contributed by atoms with Gasteiger partial charge in [-0.25, -0.2) is 0 Å². The molecule has 19 heavy (non-hydrogen) atoms. The van der Waals surface area contributed by atoms with Gasteiger partial charge in [-0.05, 0) is 37.5 Å². The van der Waals surface area contributed by atoms with Crippen LogP contribution >= 0.6 is 0 Å². The number of nitrogens with zero attached hydrogens (tertiary/aromatic N) is 2. The lowest BCUT2D eigenvalue weighted by Crippen LogP contribution is -2.04. The van der Waals surface area contributed by atoms with E-state index in [-0.39, 0.29) is 6.42 Å². The molecule has 0 fully saturated rings. The van der Waals surface area contributed by atoms with Crippen LogP contribution in [0.15, 0.2) is 24.4 Å².